The number of benzene rings is 2. The molecule has 8 heteroatoms. The van der Waals surface area contributed by atoms with Crippen molar-refractivity contribution < 1.29 is 14.3 Å². The molecule has 2 N–H and O–H groups in total. The van der Waals surface area contributed by atoms with Crippen LogP contribution in [0.15, 0.2) is 64.8 Å². The van der Waals surface area contributed by atoms with Gasteiger partial charge >= 0.3 is 5.97 Å². The monoisotopic (exact) mass is 447 g/mol. The Morgan fingerprint density at radius 1 is 1.09 bits per heavy atom. The van der Waals surface area contributed by atoms with Gasteiger partial charge in [0.05, 0.1) is 17.6 Å². The zero-order chi connectivity index (χ0) is 22.5. The van der Waals surface area contributed by atoms with Gasteiger partial charge in [-0.3, -0.25) is 9.59 Å². The average molecular weight is 448 g/mol. The topological polar surface area (TPSA) is 101 Å². The molecule has 2 heterocycles. The second-order valence-corrected chi connectivity index (χ2v) is 7.90. The molecule has 7 nitrogen and oxygen atoms in total. The molecule has 1 amide bonds. The molecular weight excluding hydrogens is 426 g/mol. The fourth-order valence-electron chi connectivity index (χ4n) is 3.34. The molecule has 0 unspecified atom stereocenters. The fourth-order valence-corrected chi connectivity index (χ4v) is 4.32. The molecule has 0 spiro atoms. The highest BCUT2D eigenvalue weighted by Gasteiger charge is 2.22. The number of hydrogen-bond acceptors (Lipinski definition) is 6. The number of aromatic amines is 1. The molecule has 0 aliphatic carbocycles. The third kappa shape index (κ3) is 4.60. The first-order valence-electron chi connectivity index (χ1n) is 10.2. The van der Waals surface area contributed by atoms with Gasteiger partial charge in [-0.1, -0.05) is 42.5 Å². The van der Waals surface area contributed by atoms with E-state index in [1.165, 1.54) is 11.3 Å². The number of anilines is 1. The van der Waals surface area contributed by atoms with Crippen molar-refractivity contribution in [1.29, 1.82) is 0 Å². The predicted octanol–water partition coefficient (Wildman–Crippen LogP) is 4.40. The van der Waals surface area contributed by atoms with E-state index in [0.717, 1.165) is 5.56 Å². The van der Waals surface area contributed by atoms with E-state index in [2.05, 4.69) is 15.3 Å². The Kier molecular flexibility index (Phi) is 6.42. The summed E-state index contributed by atoms with van der Waals surface area (Å²) in [5.74, 6) is -0.804. The van der Waals surface area contributed by atoms with Crippen molar-refractivity contribution in [1.82, 2.24) is 9.97 Å². The van der Waals surface area contributed by atoms with E-state index in [-0.39, 0.29) is 30.9 Å². The maximum Gasteiger partial charge on any atom is 0.341 e. The summed E-state index contributed by atoms with van der Waals surface area (Å²) in [6.45, 7) is 1.96. The van der Waals surface area contributed by atoms with E-state index in [1.807, 2.05) is 47.8 Å². The molecule has 0 aliphatic rings. The Hall–Kier alpha value is -3.78. The van der Waals surface area contributed by atoms with Crippen LogP contribution in [-0.2, 0) is 16.0 Å². The number of nitrogens with one attached hydrogen (secondary N) is 2. The van der Waals surface area contributed by atoms with Gasteiger partial charge in [0.1, 0.15) is 16.3 Å². The first kappa shape index (κ1) is 21.5. The van der Waals surface area contributed by atoms with Gasteiger partial charge in [-0.25, -0.2) is 9.78 Å². The number of aryl methyl sites for hydroxylation is 1. The third-order valence-electron chi connectivity index (χ3n) is 4.87. The largest absolute Gasteiger partial charge is 0.462 e. The van der Waals surface area contributed by atoms with Crippen molar-refractivity contribution in [2.45, 2.75) is 19.8 Å². The van der Waals surface area contributed by atoms with E-state index < -0.39 is 5.97 Å². The molecular formula is C24H21N3O4S. The summed E-state index contributed by atoms with van der Waals surface area (Å²) in [6, 6.07) is 16.7. The van der Waals surface area contributed by atoms with Crippen molar-refractivity contribution in [2.75, 3.05) is 11.9 Å². The number of aromatic nitrogens is 2. The molecule has 2 aromatic heterocycles. The summed E-state index contributed by atoms with van der Waals surface area (Å²) in [4.78, 5) is 44.7. The second-order valence-electron chi connectivity index (χ2n) is 7.02. The molecule has 32 heavy (non-hydrogen) atoms. The smallest absolute Gasteiger partial charge is 0.341 e. The number of esters is 1. The van der Waals surface area contributed by atoms with Gasteiger partial charge < -0.3 is 15.0 Å². The number of nitrogens with zero attached hydrogens (tertiary/aromatic N) is 1. The molecule has 0 bridgehead atoms. The van der Waals surface area contributed by atoms with Gasteiger partial charge in [0.2, 0.25) is 5.91 Å². The van der Waals surface area contributed by atoms with E-state index >= 15 is 0 Å². The zero-order valence-electron chi connectivity index (χ0n) is 17.4. The summed E-state index contributed by atoms with van der Waals surface area (Å²) in [5.41, 5.74) is 3.19. The third-order valence-corrected chi connectivity index (χ3v) is 5.76. The summed E-state index contributed by atoms with van der Waals surface area (Å²) in [5, 5.41) is 5.06. The molecule has 0 aliphatic heterocycles. The Labute approximate surface area is 188 Å². The SMILES string of the molecule is CCOC(=O)c1c(-c2ccccc2)csc1NC(=O)CCc1nc2ccccc2[nH]c1=O. The number of fused-ring (bicyclic) bond motifs is 1. The van der Waals surface area contributed by atoms with Crippen LogP contribution in [-0.4, -0.2) is 28.5 Å². The summed E-state index contributed by atoms with van der Waals surface area (Å²) in [6.07, 6.45) is 0.229. The van der Waals surface area contributed by atoms with Gasteiger partial charge in [0.25, 0.3) is 5.56 Å². The number of thiophene rings is 1. The normalized spacial score (nSPS) is 10.8. The standard InChI is InChI=1S/C24H21N3O4S/c1-2-31-24(30)21-16(15-8-4-3-5-9-15)14-32-23(21)27-20(28)13-12-19-22(29)26-18-11-7-6-10-17(18)25-19/h3-11,14H,2,12-13H2,1H3,(H,26,29)(H,27,28). The number of carbonyl (C=O) groups is 2. The molecule has 0 saturated heterocycles. The fraction of sp³-hybridized carbons (Fsp3) is 0.167. The maximum atomic E-state index is 12.6. The lowest BCUT2D eigenvalue weighted by Crippen LogP contribution is -2.19. The minimum absolute atomic E-state index is 0.0508. The molecule has 4 rings (SSSR count). The van der Waals surface area contributed by atoms with Gasteiger partial charge in [-0.2, -0.15) is 0 Å². The Morgan fingerprint density at radius 2 is 1.84 bits per heavy atom. The zero-order valence-corrected chi connectivity index (χ0v) is 18.2. The quantitative estimate of drug-likeness (QED) is 0.409. The maximum absolute atomic E-state index is 12.6. The first-order valence-corrected chi connectivity index (χ1v) is 11.1. The number of amides is 1. The van der Waals surface area contributed by atoms with Crippen LogP contribution in [0.2, 0.25) is 0 Å². The van der Waals surface area contributed by atoms with Crippen LogP contribution in [0.25, 0.3) is 22.2 Å². The summed E-state index contributed by atoms with van der Waals surface area (Å²) < 4.78 is 5.22. The highest BCUT2D eigenvalue weighted by Crippen LogP contribution is 2.36. The lowest BCUT2D eigenvalue weighted by Gasteiger charge is -2.09. The minimum Gasteiger partial charge on any atom is -0.462 e. The first-order chi connectivity index (χ1) is 15.6. The van der Waals surface area contributed by atoms with Crippen molar-refractivity contribution in [2.24, 2.45) is 0 Å². The molecule has 0 radical (unpaired) electrons. The lowest BCUT2D eigenvalue weighted by molar-refractivity contribution is -0.116. The molecule has 0 atom stereocenters. The van der Waals surface area contributed by atoms with Crippen molar-refractivity contribution in [3.8, 4) is 11.1 Å². The number of rotatable bonds is 7. The van der Waals surface area contributed by atoms with Crippen LogP contribution in [0, 0.1) is 0 Å². The molecule has 0 fully saturated rings. The van der Waals surface area contributed by atoms with Crippen molar-refractivity contribution in [3.05, 3.63) is 81.6 Å². The number of carbonyl (C=O) groups excluding carboxylic acids is 2. The Bertz CT molecular complexity index is 1330. The highest BCUT2D eigenvalue weighted by atomic mass is 32.1. The van der Waals surface area contributed by atoms with Gasteiger partial charge in [-0.05, 0) is 24.6 Å². The van der Waals surface area contributed by atoms with Gasteiger partial charge in [0.15, 0.2) is 0 Å². The molecule has 162 valence electrons. The summed E-state index contributed by atoms with van der Waals surface area (Å²) >= 11 is 1.26. The molecule has 4 aromatic rings. The van der Waals surface area contributed by atoms with Crippen molar-refractivity contribution >= 4 is 39.2 Å². The molecule has 2 aromatic carbocycles. The van der Waals surface area contributed by atoms with E-state index in [1.54, 1.807) is 19.1 Å². The van der Waals surface area contributed by atoms with E-state index in [0.29, 0.717) is 32.9 Å². The van der Waals surface area contributed by atoms with Crippen LogP contribution in [0.4, 0.5) is 5.00 Å². The lowest BCUT2D eigenvalue weighted by atomic mass is 10.0. The summed E-state index contributed by atoms with van der Waals surface area (Å²) in [7, 11) is 0. The number of ether oxygens (including phenoxy) is 1. The van der Waals surface area contributed by atoms with Crippen LogP contribution in [0.5, 0.6) is 0 Å². The van der Waals surface area contributed by atoms with Crippen LogP contribution >= 0.6 is 11.3 Å². The van der Waals surface area contributed by atoms with Crippen LogP contribution in [0.3, 0.4) is 0 Å². The Morgan fingerprint density at radius 3 is 2.62 bits per heavy atom. The van der Waals surface area contributed by atoms with Crippen molar-refractivity contribution in [3.63, 3.8) is 0 Å². The van der Waals surface area contributed by atoms with E-state index in [4.69, 9.17) is 4.74 Å². The highest BCUT2D eigenvalue weighted by molar-refractivity contribution is 7.15. The van der Waals surface area contributed by atoms with Gasteiger partial charge in [0, 0.05) is 23.8 Å². The predicted molar refractivity (Wildman–Crippen MR) is 125 cm³/mol. The number of H-pyrrole nitrogens is 1. The van der Waals surface area contributed by atoms with E-state index in [9.17, 15) is 14.4 Å². The van der Waals surface area contributed by atoms with Gasteiger partial charge in [-0.15, -0.1) is 11.3 Å². The average Bonchev–Trinajstić information content (AvgIpc) is 3.22. The second kappa shape index (κ2) is 9.57. The number of para-hydroxylation sites is 2. The molecule has 0 saturated carbocycles. The van der Waals surface area contributed by atoms with Crippen LogP contribution in [0.1, 0.15) is 29.4 Å². The number of hydrogen-bond donors (Lipinski definition) is 2. The Balaban J connectivity index is 1.53. The minimum atomic E-state index is -0.490. The van der Waals surface area contributed by atoms with Crippen LogP contribution < -0.4 is 10.9 Å².